The Morgan fingerprint density at radius 3 is 2.44 bits per heavy atom. The lowest BCUT2D eigenvalue weighted by Crippen LogP contribution is -2.14. The molecule has 138 valence electrons. The van der Waals surface area contributed by atoms with Crippen LogP contribution in [0, 0.1) is 13.8 Å². The Kier molecular flexibility index (Phi) is 5.71. The Morgan fingerprint density at radius 1 is 0.963 bits per heavy atom. The van der Waals surface area contributed by atoms with Crippen LogP contribution < -0.4 is 15.4 Å². The van der Waals surface area contributed by atoms with Gasteiger partial charge in [0.05, 0.1) is 7.11 Å². The normalized spacial score (nSPS) is 10.3. The van der Waals surface area contributed by atoms with Crippen molar-refractivity contribution in [1.82, 2.24) is 4.98 Å². The summed E-state index contributed by atoms with van der Waals surface area (Å²) < 4.78 is 5.16. The minimum atomic E-state index is -0.230. The number of nitrogens with one attached hydrogen (secondary N) is 2. The Bertz CT molecular complexity index is 937. The van der Waals surface area contributed by atoms with Crippen molar-refractivity contribution in [2.75, 3.05) is 17.7 Å². The summed E-state index contributed by atoms with van der Waals surface area (Å²) in [5, 5.41) is 6.21. The van der Waals surface area contributed by atoms with Crippen molar-refractivity contribution in [3.63, 3.8) is 0 Å². The molecule has 1 aromatic heterocycles. The van der Waals surface area contributed by atoms with Gasteiger partial charge in [-0.05, 0) is 66.9 Å². The molecule has 3 rings (SSSR count). The van der Waals surface area contributed by atoms with E-state index < -0.39 is 0 Å². The second kappa shape index (κ2) is 8.36. The number of carbonyl (C=O) groups excluding carboxylic acids is 1. The van der Waals surface area contributed by atoms with Gasteiger partial charge in [0.15, 0.2) is 0 Å². The summed E-state index contributed by atoms with van der Waals surface area (Å²) in [7, 11) is 1.65. The van der Waals surface area contributed by atoms with E-state index in [1.54, 1.807) is 19.4 Å². The molecule has 2 N–H and O–H groups in total. The second-order valence-corrected chi connectivity index (χ2v) is 6.38. The maximum Gasteiger partial charge on any atom is 0.274 e. The maximum atomic E-state index is 12.5. The van der Waals surface area contributed by atoms with E-state index in [0.29, 0.717) is 12.2 Å². The number of carbonyl (C=O) groups is 1. The van der Waals surface area contributed by atoms with Gasteiger partial charge in [0.1, 0.15) is 11.4 Å². The summed E-state index contributed by atoms with van der Waals surface area (Å²) in [5.41, 5.74) is 5.42. The molecular formula is C22H23N3O2. The molecule has 0 aliphatic carbocycles. The van der Waals surface area contributed by atoms with E-state index in [-0.39, 0.29) is 5.91 Å². The van der Waals surface area contributed by atoms with Crippen LogP contribution in [0.2, 0.25) is 0 Å². The first kappa shape index (κ1) is 18.5. The third kappa shape index (κ3) is 4.85. The largest absolute Gasteiger partial charge is 0.497 e. The van der Waals surface area contributed by atoms with Crippen LogP contribution in [-0.4, -0.2) is 18.0 Å². The van der Waals surface area contributed by atoms with E-state index >= 15 is 0 Å². The summed E-state index contributed by atoms with van der Waals surface area (Å²) >= 11 is 0. The van der Waals surface area contributed by atoms with E-state index in [1.807, 2.05) is 62.4 Å². The van der Waals surface area contributed by atoms with Crippen LogP contribution in [0.1, 0.15) is 27.2 Å². The van der Waals surface area contributed by atoms with Gasteiger partial charge in [-0.2, -0.15) is 0 Å². The Balaban J connectivity index is 1.65. The van der Waals surface area contributed by atoms with Gasteiger partial charge in [-0.15, -0.1) is 0 Å². The van der Waals surface area contributed by atoms with Gasteiger partial charge in [-0.1, -0.05) is 18.2 Å². The molecule has 0 aliphatic rings. The number of anilines is 2. The number of benzene rings is 2. The van der Waals surface area contributed by atoms with E-state index in [1.165, 1.54) is 5.56 Å². The maximum absolute atomic E-state index is 12.5. The van der Waals surface area contributed by atoms with Crippen molar-refractivity contribution in [2.24, 2.45) is 0 Å². The molecule has 1 amide bonds. The van der Waals surface area contributed by atoms with Crippen LogP contribution in [0.4, 0.5) is 11.4 Å². The molecule has 27 heavy (non-hydrogen) atoms. The number of ether oxygens (including phenoxy) is 1. The number of nitrogens with zero attached hydrogens (tertiary/aromatic N) is 1. The van der Waals surface area contributed by atoms with E-state index in [4.69, 9.17) is 4.74 Å². The average Bonchev–Trinajstić information content (AvgIpc) is 2.70. The van der Waals surface area contributed by atoms with Gasteiger partial charge in [-0.3, -0.25) is 9.78 Å². The molecule has 0 saturated heterocycles. The smallest absolute Gasteiger partial charge is 0.274 e. The number of methoxy groups -OCH3 is 1. The third-order valence-electron chi connectivity index (χ3n) is 4.41. The molecule has 5 heteroatoms. The Hall–Kier alpha value is -3.34. The van der Waals surface area contributed by atoms with E-state index in [2.05, 4.69) is 15.6 Å². The number of hydrogen-bond acceptors (Lipinski definition) is 4. The van der Waals surface area contributed by atoms with E-state index in [0.717, 1.165) is 28.3 Å². The molecule has 1 heterocycles. The molecule has 0 radical (unpaired) electrons. The first-order chi connectivity index (χ1) is 13.0. The molecule has 0 aliphatic heterocycles. The topological polar surface area (TPSA) is 63.2 Å². The number of amides is 1. The van der Waals surface area contributed by atoms with Crippen LogP contribution in [0.25, 0.3) is 0 Å². The second-order valence-electron chi connectivity index (χ2n) is 6.38. The van der Waals surface area contributed by atoms with Crippen molar-refractivity contribution in [2.45, 2.75) is 20.4 Å². The zero-order valence-corrected chi connectivity index (χ0v) is 15.7. The highest BCUT2D eigenvalue weighted by Gasteiger charge is 2.09. The standard InChI is InChI=1S/C22H23N3O2/c1-15-4-7-19(12-16(15)2)25-22(26)21-13-18(10-11-23-21)24-14-17-5-8-20(27-3)9-6-17/h4-13H,14H2,1-3H3,(H,23,24)(H,25,26). The number of aryl methyl sites for hydroxylation is 2. The third-order valence-corrected chi connectivity index (χ3v) is 4.41. The molecule has 0 saturated carbocycles. The van der Waals surface area contributed by atoms with Gasteiger partial charge in [-0.25, -0.2) is 0 Å². The molecule has 5 nitrogen and oxygen atoms in total. The monoisotopic (exact) mass is 361 g/mol. The number of pyridine rings is 1. The molecule has 0 spiro atoms. The first-order valence-electron chi connectivity index (χ1n) is 8.76. The Morgan fingerprint density at radius 2 is 1.74 bits per heavy atom. The highest BCUT2D eigenvalue weighted by Crippen LogP contribution is 2.17. The van der Waals surface area contributed by atoms with Crippen molar-refractivity contribution in [3.8, 4) is 5.75 Å². The van der Waals surface area contributed by atoms with Gasteiger partial charge in [0, 0.05) is 24.1 Å². The zero-order valence-electron chi connectivity index (χ0n) is 15.7. The van der Waals surface area contributed by atoms with Crippen LogP contribution in [0.15, 0.2) is 60.8 Å². The quantitative estimate of drug-likeness (QED) is 0.675. The lowest BCUT2D eigenvalue weighted by molar-refractivity contribution is 0.102. The highest BCUT2D eigenvalue weighted by atomic mass is 16.5. The fourth-order valence-corrected chi connectivity index (χ4v) is 2.63. The minimum Gasteiger partial charge on any atom is -0.497 e. The molecule has 3 aromatic rings. The lowest BCUT2D eigenvalue weighted by Gasteiger charge is -2.10. The van der Waals surface area contributed by atoms with Crippen LogP contribution in [0.3, 0.4) is 0 Å². The van der Waals surface area contributed by atoms with Crippen molar-refractivity contribution >= 4 is 17.3 Å². The molecule has 2 aromatic carbocycles. The summed E-state index contributed by atoms with van der Waals surface area (Å²) in [6.07, 6.45) is 1.63. The van der Waals surface area contributed by atoms with Gasteiger partial charge in [0.2, 0.25) is 0 Å². The van der Waals surface area contributed by atoms with Gasteiger partial charge < -0.3 is 15.4 Å². The van der Waals surface area contributed by atoms with E-state index in [9.17, 15) is 4.79 Å². The van der Waals surface area contributed by atoms with Crippen LogP contribution in [0.5, 0.6) is 5.75 Å². The fraction of sp³-hybridized carbons (Fsp3) is 0.182. The first-order valence-corrected chi connectivity index (χ1v) is 8.76. The summed E-state index contributed by atoms with van der Waals surface area (Å²) in [6, 6.07) is 17.3. The summed E-state index contributed by atoms with van der Waals surface area (Å²) in [6.45, 7) is 4.71. The van der Waals surface area contributed by atoms with Gasteiger partial charge >= 0.3 is 0 Å². The zero-order chi connectivity index (χ0) is 19.2. The molecule has 0 unspecified atom stereocenters. The lowest BCUT2D eigenvalue weighted by atomic mass is 10.1. The predicted molar refractivity (Wildman–Crippen MR) is 108 cm³/mol. The number of rotatable bonds is 6. The fourth-order valence-electron chi connectivity index (χ4n) is 2.63. The van der Waals surface area contributed by atoms with Gasteiger partial charge in [0.25, 0.3) is 5.91 Å². The highest BCUT2D eigenvalue weighted by molar-refractivity contribution is 6.03. The summed E-state index contributed by atoms with van der Waals surface area (Å²) in [4.78, 5) is 16.7. The Labute approximate surface area is 159 Å². The van der Waals surface area contributed by atoms with Crippen molar-refractivity contribution < 1.29 is 9.53 Å². The van der Waals surface area contributed by atoms with Crippen LogP contribution >= 0.6 is 0 Å². The summed E-state index contributed by atoms with van der Waals surface area (Å²) in [5.74, 6) is 0.597. The molecule has 0 atom stereocenters. The molecular weight excluding hydrogens is 338 g/mol. The SMILES string of the molecule is COc1ccc(CNc2ccnc(C(=O)Nc3ccc(C)c(C)c3)c2)cc1. The van der Waals surface area contributed by atoms with Crippen LogP contribution in [-0.2, 0) is 6.54 Å². The molecule has 0 bridgehead atoms. The van der Waals surface area contributed by atoms with Crippen molar-refractivity contribution in [3.05, 3.63) is 83.2 Å². The average molecular weight is 361 g/mol. The number of aromatic nitrogens is 1. The predicted octanol–water partition coefficient (Wildman–Crippen LogP) is 4.57. The number of hydrogen-bond donors (Lipinski definition) is 2. The van der Waals surface area contributed by atoms with Crippen molar-refractivity contribution in [1.29, 1.82) is 0 Å². The minimum absolute atomic E-state index is 0.230. The molecule has 0 fully saturated rings.